The molecule has 6 heteroatoms. The fourth-order valence-electron chi connectivity index (χ4n) is 3.37. The van der Waals surface area contributed by atoms with E-state index in [4.69, 9.17) is 28.4 Å². The minimum Gasteiger partial charge on any atom is -0.379 e. The van der Waals surface area contributed by atoms with Crippen molar-refractivity contribution >= 4 is 0 Å². The van der Waals surface area contributed by atoms with E-state index >= 15 is 0 Å². The van der Waals surface area contributed by atoms with E-state index in [2.05, 4.69) is 34.6 Å². The van der Waals surface area contributed by atoms with Crippen LogP contribution in [-0.2, 0) is 28.4 Å². The fourth-order valence-corrected chi connectivity index (χ4v) is 3.37. The zero-order chi connectivity index (χ0) is 23.0. The van der Waals surface area contributed by atoms with Gasteiger partial charge in [0.25, 0.3) is 0 Å². The Kier molecular flexibility index (Phi) is 24.2. The first kappa shape index (κ1) is 30.8. The lowest BCUT2D eigenvalue weighted by atomic mass is 9.89. The SMILES string of the molecule is CCCCC(CC)CC(C)C(OCCOCCOCCC)OCCOCCOCCC. The van der Waals surface area contributed by atoms with Gasteiger partial charge in [0.1, 0.15) is 0 Å². The maximum atomic E-state index is 6.07. The maximum absolute atomic E-state index is 6.07. The number of rotatable bonds is 25. The molecule has 0 saturated heterocycles. The number of hydrogen-bond donors (Lipinski definition) is 0. The third-order valence-electron chi connectivity index (χ3n) is 5.17. The topological polar surface area (TPSA) is 55.4 Å². The third-order valence-corrected chi connectivity index (χ3v) is 5.17. The van der Waals surface area contributed by atoms with Crippen LogP contribution in [0, 0.1) is 11.8 Å². The van der Waals surface area contributed by atoms with Crippen LogP contribution in [0.5, 0.6) is 0 Å². The van der Waals surface area contributed by atoms with Gasteiger partial charge in [0, 0.05) is 19.1 Å². The molecule has 188 valence electrons. The van der Waals surface area contributed by atoms with E-state index in [1.807, 2.05) is 0 Å². The van der Waals surface area contributed by atoms with Crippen LogP contribution in [0.25, 0.3) is 0 Å². The van der Waals surface area contributed by atoms with Crippen LogP contribution in [0.15, 0.2) is 0 Å². The Labute approximate surface area is 192 Å². The molecule has 0 heterocycles. The zero-order valence-corrected chi connectivity index (χ0v) is 21.2. The van der Waals surface area contributed by atoms with E-state index in [1.165, 1.54) is 25.7 Å². The van der Waals surface area contributed by atoms with Gasteiger partial charge >= 0.3 is 0 Å². The standard InChI is InChI=1S/C25H52O6/c1-6-10-11-24(9-4)22-23(5)25(30-20-18-28-16-14-26-12-7-2)31-21-19-29-17-15-27-13-8-3/h23-25H,6-22H2,1-5H3. The van der Waals surface area contributed by atoms with E-state index < -0.39 is 0 Å². The predicted molar refractivity (Wildman–Crippen MR) is 127 cm³/mol. The van der Waals surface area contributed by atoms with Crippen LogP contribution in [0.3, 0.4) is 0 Å². The number of unbranched alkanes of at least 4 members (excludes halogenated alkanes) is 1. The summed E-state index contributed by atoms with van der Waals surface area (Å²) >= 11 is 0. The quantitative estimate of drug-likeness (QED) is 0.136. The van der Waals surface area contributed by atoms with Crippen molar-refractivity contribution in [3.63, 3.8) is 0 Å². The summed E-state index contributed by atoms with van der Waals surface area (Å²) in [5.74, 6) is 1.06. The molecule has 0 radical (unpaired) electrons. The first-order valence-corrected chi connectivity index (χ1v) is 12.7. The van der Waals surface area contributed by atoms with Crippen molar-refractivity contribution in [1.29, 1.82) is 0 Å². The number of hydrogen-bond acceptors (Lipinski definition) is 6. The van der Waals surface area contributed by atoms with Crippen molar-refractivity contribution in [2.75, 3.05) is 66.1 Å². The second-order valence-electron chi connectivity index (χ2n) is 8.19. The summed E-state index contributed by atoms with van der Waals surface area (Å²) in [5, 5.41) is 0. The normalized spacial score (nSPS) is 13.7. The van der Waals surface area contributed by atoms with Gasteiger partial charge < -0.3 is 28.4 Å². The summed E-state index contributed by atoms with van der Waals surface area (Å²) in [4.78, 5) is 0. The Bertz CT molecular complexity index is 322. The Morgan fingerprint density at radius 2 is 1.00 bits per heavy atom. The van der Waals surface area contributed by atoms with Crippen LogP contribution in [0.2, 0.25) is 0 Å². The lowest BCUT2D eigenvalue weighted by Gasteiger charge is -2.27. The van der Waals surface area contributed by atoms with E-state index in [9.17, 15) is 0 Å². The average Bonchev–Trinajstić information content (AvgIpc) is 2.78. The molecule has 0 aliphatic rings. The summed E-state index contributed by atoms with van der Waals surface area (Å²) in [7, 11) is 0. The zero-order valence-electron chi connectivity index (χ0n) is 21.2. The average molecular weight is 449 g/mol. The summed E-state index contributed by atoms with van der Waals surface area (Å²) < 4.78 is 34.2. The Morgan fingerprint density at radius 1 is 0.548 bits per heavy atom. The molecule has 6 nitrogen and oxygen atoms in total. The van der Waals surface area contributed by atoms with Crippen molar-refractivity contribution in [2.45, 2.75) is 85.9 Å². The summed E-state index contributed by atoms with van der Waals surface area (Å²) in [5.41, 5.74) is 0. The molecule has 0 aliphatic carbocycles. The smallest absolute Gasteiger partial charge is 0.160 e. The van der Waals surface area contributed by atoms with E-state index in [1.54, 1.807) is 0 Å². The molecule has 0 aromatic heterocycles. The van der Waals surface area contributed by atoms with Crippen LogP contribution < -0.4 is 0 Å². The van der Waals surface area contributed by atoms with Crippen LogP contribution in [0.4, 0.5) is 0 Å². The molecule has 0 aliphatic heterocycles. The van der Waals surface area contributed by atoms with E-state index in [-0.39, 0.29) is 6.29 Å². The van der Waals surface area contributed by atoms with Crippen molar-refractivity contribution in [2.24, 2.45) is 11.8 Å². The lowest BCUT2D eigenvalue weighted by molar-refractivity contribution is -0.185. The molecule has 0 aromatic rings. The highest BCUT2D eigenvalue weighted by atomic mass is 16.7. The van der Waals surface area contributed by atoms with Crippen LogP contribution in [-0.4, -0.2) is 72.4 Å². The van der Waals surface area contributed by atoms with Gasteiger partial charge in [0.05, 0.1) is 52.9 Å². The van der Waals surface area contributed by atoms with Crippen molar-refractivity contribution < 1.29 is 28.4 Å². The molecule has 0 fully saturated rings. The van der Waals surface area contributed by atoms with Crippen molar-refractivity contribution in [3.8, 4) is 0 Å². The van der Waals surface area contributed by atoms with Gasteiger partial charge in [-0.1, -0.05) is 60.3 Å². The first-order valence-electron chi connectivity index (χ1n) is 12.7. The molecular weight excluding hydrogens is 396 g/mol. The predicted octanol–water partition coefficient (Wildman–Crippen LogP) is 5.47. The van der Waals surface area contributed by atoms with Crippen LogP contribution in [0.1, 0.15) is 79.6 Å². The van der Waals surface area contributed by atoms with Gasteiger partial charge in [-0.05, 0) is 25.2 Å². The van der Waals surface area contributed by atoms with Gasteiger partial charge in [-0.2, -0.15) is 0 Å². The molecule has 2 atom stereocenters. The van der Waals surface area contributed by atoms with Gasteiger partial charge in [0.15, 0.2) is 6.29 Å². The minimum absolute atomic E-state index is 0.226. The highest BCUT2D eigenvalue weighted by Gasteiger charge is 2.22. The summed E-state index contributed by atoms with van der Waals surface area (Å²) in [6.07, 6.45) is 8.00. The van der Waals surface area contributed by atoms with Gasteiger partial charge in [-0.25, -0.2) is 0 Å². The highest BCUT2D eigenvalue weighted by molar-refractivity contribution is 4.66. The molecule has 31 heavy (non-hydrogen) atoms. The van der Waals surface area contributed by atoms with E-state index in [0.29, 0.717) is 58.8 Å². The fraction of sp³-hybridized carbons (Fsp3) is 1.00. The van der Waals surface area contributed by atoms with Crippen molar-refractivity contribution in [3.05, 3.63) is 0 Å². The van der Waals surface area contributed by atoms with Gasteiger partial charge in [-0.3, -0.25) is 0 Å². The molecule has 0 saturated carbocycles. The number of ether oxygens (including phenoxy) is 6. The first-order chi connectivity index (χ1) is 15.2. The molecule has 0 rings (SSSR count). The van der Waals surface area contributed by atoms with E-state index in [0.717, 1.165) is 38.4 Å². The van der Waals surface area contributed by atoms with Gasteiger partial charge in [-0.15, -0.1) is 0 Å². The van der Waals surface area contributed by atoms with Gasteiger partial charge in [0.2, 0.25) is 0 Å². The monoisotopic (exact) mass is 448 g/mol. The molecule has 0 aromatic carbocycles. The minimum atomic E-state index is -0.226. The molecule has 0 spiro atoms. The second-order valence-corrected chi connectivity index (χ2v) is 8.19. The highest BCUT2D eigenvalue weighted by Crippen LogP contribution is 2.25. The van der Waals surface area contributed by atoms with Crippen molar-refractivity contribution in [1.82, 2.24) is 0 Å². The molecule has 0 bridgehead atoms. The second kappa shape index (κ2) is 24.4. The Hall–Kier alpha value is -0.240. The largest absolute Gasteiger partial charge is 0.379 e. The summed E-state index contributed by atoms with van der Waals surface area (Å²) in [6.45, 7) is 17.2. The molecule has 0 N–H and O–H groups in total. The molecule has 2 unspecified atom stereocenters. The molecule has 0 amide bonds. The lowest BCUT2D eigenvalue weighted by Crippen LogP contribution is -2.30. The Balaban J connectivity index is 4.24. The Morgan fingerprint density at radius 3 is 1.42 bits per heavy atom. The third kappa shape index (κ3) is 20.1. The molecular formula is C25H52O6. The maximum Gasteiger partial charge on any atom is 0.160 e. The van der Waals surface area contributed by atoms with Crippen LogP contribution >= 0.6 is 0 Å². The summed E-state index contributed by atoms with van der Waals surface area (Å²) in [6, 6.07) is 0.